The van der Waals surface area contributed by atoms with E-state index in [1.54, 1.807) is 0 Å². The van der Waals surface area contributed by atoms with Crippen LogP contribution in [0.2, 0.25) is 0 Å². The van der Waals surface area contributed by atoms with Crippen molar-refractivity contribution in [3.8, 4) is 0 Å². The summed E-state index contributed by atoms with van der Waals surface area (Å²) in [5.74, 6) is -1.39. The fourth-order valence-corrected chi connectivity index (χ4v) is 3.65. The van der Waals surface area contributed by atoms with Crippen LogP contribution in [0, 0.1) is 0 Å². The largest absolute Gasteiger partial charge is 0.449 e. The summed E-state index contributed by atoms with van der Waals surface area (Å²) in [6.45, 7) is 3.03. The Kier molecular flexibility index (Phi) is 4.36. The molecule has 2 saturated heterocycles. The fraction of sp³-hybridized carbons (Fsp3) is 0.529. The molecule has 1 aromatic carbocycles. The summed E-state index contributed by atoms with van der Waals surface area (Å²) in [6, 6.07) is 4.32. The number of aromatic nitrogens is 2. The Morgan fingerprint density at radius 3 is 2.77 bits per heavy atom. The topological polar surface area (TPSA) is 70.2 Å². The smallest absolute Gasteiger partial charge is 0.378 e. The van der Waals surface area contributed by atoms with Gasteiger partial charge in [-0.05, 0) is 44.1 Å². The van der Waals surface area contributed by atoms with E-state index in [1.807, 2.05) is 0 Å². The van der Waals surface area contributed by atoms with Gasteiger partial charge >= 0.3 is 6.18 Å². The first-order valence-electron chi connectivity index (χ1n) is 8.61. The van der Waals surface area contributed by atoms with E-state index in [0.717, 1.165) is 25.9 Å². The van der Waals surface area contributed by atoms with Gasteiger partial charge in [0.15, 0.2) is 0 Å². The Balaban J connectivity index is 1.50. The third-order valence-corrected chi connectivity index (χ3v) is 4.99. The normalized spacial score (nSPS) is 24.4. The Hall–Kier alpha value is -2.13. The molecule has 2 aliphatic rings. The Morgan fingerprint density at radius 1 is 1.27 bits per heavy atom. The maximum absolute atomic E-state index is 12.8. The molecule has 1 amide bonds. The van der Waals surface area contributed by atoms with Crippen LogP contribution in [0.3, 0.4) is 0 Å². The van der Waals surface area contributed by atoms with E-state index < -0.39 is 12.0 Å². The quantitative estimate of drug-likeness (QED) is 0.871. The zero-order chi connectivity index (χ0) is 18.3. The molecule has 0 saturated carbocycles. The molecule has 6 nitrogen and oxygen atoms in total. The molecule has 26 heavy (non-hydrogen) atoms. The first kappa shape index (κ1) is 17.3. The van der Waals surface area contributed by atoms with E-state index in [0.29, 0.717) is 18.8 Å². The molecule has 2 fully saturated rings. The van der Waals surface area contributed by atoms with Crippen LogP contribution in [0.25, 0.3) is 11.0 Å². The average Bonchev–Trinajstić information content (AvgIpc) is 3.32. The number of rotatable bonds is 3. The Morgan fingerprint density at radius 2 is 2.04 bits per heavy atom. The van der Waals surface area contributed by atoms with Crippen molar-refractivity contribution in [2.24, 2.45) is 0 Å². The van der Waals surface area contributed by atoms with Gasteiger partial charge in [0.1, 0.15) is 0 Å². The Labute approximate surface area is 147 Å². The van der Waals surface area contributed by atoms with Gasteiger partial charge in [-0.1, -0.05) is 0 Å². The number of hydrogen-bond donors (Lipinski definition) is 2. The predicted molar refractivity (Wildman–Crippen MR) is 87.8 cm³/mol. The van der Waals surface area contributed by atoms with Gasteiger partial charge in [-0.2, -0.15) is 13.2 Å². The van der Waals surface area contributed by atoms with Crippen molar-refractivity contribution in [2.45, 2.75) is 31.1 Å². The lowest BCUT2D eigenvalue weighted by atomic mass is 10.1. The second-order valence-corrected chi connectivity index (χ2v) is 6.74. The molecule has 0 unspecified atom stereocenters. The number of hydrogen-bond acceptors (Lipinski definition) is 4. The first-order chi connectivity index (χ1) is 12.4. The standard InChI is InChI=1S/C17H19F3N4O2/c18-17(19,20)16-22-11-4-3-10(7-12(11)23-16)15(25)21-13-8-26-9-14(13)24-5-1-2-6-24/h3-4,7,13-14H,1-2,5-6,8-9H2,(H,21,25)(H,22,23)/t13-,14-/m0/s1. The van der Waals surface area contributed by atoms with Crippen molar-refractivity contribution in [2.75, 3.05) is 26.3 Å². The van der Waals surface area contributed by atoms with E-state index in [4.69, 9.17) is 4.74 Å². The zero-order valence-electron chi connectivity index (χ0n) is 14.0. The van der Waals surface area contributed by atoms with E-state index in [9.17, 15) is 18.0 Å². The molecule has 0 spiro atoms. The molecule has 3 heterocycles. The molecule has 0 bridgehead atoms. The van der Waals surface area contributed by atoms with Crippen LogP contribution in [-0.2, 0) is 10.9 Å². The molecule has 2 aliphatic heterocycles. The molecule has 0 radical (unpaired) electrons. The molecule has 9 heteroatoms. The van der Waals surface area contributed by atoms with Crippen LogP contribution in [0.15, 0.2) is 18.2 Å². The molecular formula is C17H19F3N4O2. The van der Waals surface area contributed by atoms with Crippen LogP contribution in [0.1, 0.15) is 29.0 Å². The summed E-state index contributed by atoms with van der Waals surface area (Å²) in [5.41, 5.74) is 0.652. The number of fused-ring (bicyclic) bond motifs is 1. The number of amides is 1. The highest BCUT2D eigenvalue weighted by Gasteiger charge is 2.36. The van der Waals surface area contributed by atoms with Crippen LogP contribution >= 0.6 is 0 Å². The lowest BCUT2D eigenvalue weighted by molar-refractivity contribution is -0.144. The molecular weight excluding hydrogens is 349 g/mol. The van der Waals surface area contributed by atoms with Crippen molar-refractivity contribution in [1.29, 1.82) is 0 Å². The maximum Gasteiger partial charge on any atom is 0.449 e. The number of carbonyl (C=O) groups is 1. The summed E-state index contributed by atoms with van der Waals surface area (Å²) in [7, 11) is 0. The first-order valence-corrected chi connectivity index (χ1v) is 8.61. The number of aromatic amines is 1. The molecule has 1 aromatic heterocycles. The lowest BCUT2D eigenvalue weighted by Gasteiger charge is -2.27. The number of imidazole rings is 1. The molecule has 140 valence electrons. The van der Waals surface area contributed by atoms with Gasteiger partial charge in [0.05, 0.1) is 36.3 Å². The number of H-pyrrole nitrogens is 1. The molecule has 2 N–H and O–H groups in total. The van der Waals surface area contributed by atoms with Gasteiger partial charge in [-0.3, -0.25) is 9.69 Å². The van der Waals surface area contributed by atoms with Gasteiger partial charge in [-0.25, -0.2) is 4.98 Å². The zero-order valence-corrected chi connectivity index (χ0v) is 14.0. The van der Waals surface area contributed by atoms with Crippen molar-refractivity contribution in [3.05, 3.63) is 29.6 Å². The minimum Gasteiger partial charge on any atom is -0.378 e. The van der Waals surface area contributed by atoms with Crippen LogP contribution in [0.5, 0.6) is 0 Å². The summed E-state index contributed by atoms with van der Waals surface area (Å²) < 4.78 is 43.8. The van der Waals surface area contributed by atoms with Gasteiger partial charge < -0.3 is 15.0 Å². The molecule has 4 rings (SSSR count). The second-order valence-electron chi connectivity index (χ2n) is 6.74. The van der Waals surface area contributed by atoms with Crippen LogP contribution < -0.4 is 5.32 Å². The van der Waals surface area contributed by atoms with Crippen molar-refractivity contribution in [1.82, 2.24) is 20.2 Å². The minimum atomic E-state index is -4.55. The molecule has 0 aliphatic carbocycles. The van der Waals surface area contributed by atoms with Gasteiger partial charge in [0.25, 0.3) is 5.91 Å². The number of likely N-dealkylation sites (tertiary alicyclic amines) is 1. The lowest BCUT2D eigenvalue weighted by Crippen LogP contribution is -2.50. The number of benzene rings is 1. The Bertz CT molecular complexity index is 814. The molecule has 2 aromatic rings. The summed E-state index contributed by atoms with van der Waals surface area (Å²) in [5, 5.41) is 2.96. The third kappa shape index (κ3) is 3.28. The van der Waals surface area contributed by atoms with Crippen LogP contribution in [0.4, 0.5) is 13.2 Å². The third-order valence-electron chi connectivity index (χ3n) is 4.99. The monoisotopic (exact) mass is 368 g/mol. The predicted octanol–water partition coefficient (Wildman–Crippen LogP) is 2.17. The van der Waals surface area contributed by atoms with Crippen LogP contribution in [-0.4, -0.2) is 59.2 Å². The minimum absolute atomic E-state index is 0.121. The fourth-order valence-electron chi connectivity index (χ4n) is 3.65. The van der Waals surface area contributed by atoms with E-state index in [1.165, 1.54) is 18.2 Å². The van der Waals surface area contributed by atoms with Crippen molar-refractivity contribution >= 4 is 16.9 Å². The summed E-state index contributed by atoms with van der Waals surface area (Å²) in [6.07, 6.45) is -2.25. The van der Waals surface area contributed by atoms with Crippen molar-refractivity contribution in [3.63, 3.8) is 0 Å². The number of carbonyl (C=O) groups excluding carboxylic acids is 1. The highest BCUT2D eigenvalue weighted by molar-refractivity contribution is 5.97. The highest BCUT2D eigenvalue weighted by Crippen LogP contribution is 2.28. The van der Waals surface area contributed by atoms with Gasteiger partial charge in [0.2, 0.25) is 5.82 Å². The van der Waals surface area contributed by atoms with E-state index >= 15 is 0 Å². The van der Waals surface area contributed by atoms with Gasteiger partial charge in [0, 0.05) is 5.56 Å². The van der Waals surface area contributed by atoms with E-state index in [-0.39, 0.29) is 29.0 Å². The highest BCUT2D eigenvalue weighted by atomic mass is 19.4. The number of alkyl halides is 3. The number of halogens is 3. The summed E-state index contributed by atoms with van der Waals surface area (Å²) >= 11 is 0. The second kappa shape index (κ2) is 6.55. The van der Waals surface area contributed by atoms with E-state index in [2.05, 4.69) is 20.2 Å². The van der Waals surface area contributed by atoms with Gasteiger partial charge in [-0.15, -0.1) is 0 Å². The molecule has 2 atom stereocenters. The number of nitrogens with zero attached hydrogens (tertiary/aromatic N) is 2. The van der Waals surface area contributed by atoms with Crippen molar-refractivity contribution < 1.29 is 22.7 Å². The number of ether oxygens (including phenoxy) is 1. The summed E-state index contributed by atoms with van der Waals surface area (Å²) in [4.78, 5) is 20.6. The maximum atomic E-state index is 12.8. The SMILES string of the molecule is O=C(N[C@H]1COC[C@@H]1N1CCCC1)c1ccc2nc(C(F)(F)F)[nH]c2c1. The number of nitrogens with one attached hydrogen (secondary N) is 2. The average molecular weight is 368 g/mol.